The number of benzene rings is 1. The summed E-state index contributed by atoms with van der Waals surface area (Å²) in [4.78, 5) is 13.0. The topological polar surface area (TPSA) is 58.6 Å². The van der Waals surface area contributed by atoms with Crippen molar-refractivity contribution in [2.24, 2.45) is 0 Å². The molecule has 2 N–H and O–H groups in total. The van der Waals surface area contributed by atoms with Gasteiger partial charge in [-0.2, -0.15) is 11.3 Å². The van der Waals surface area contributed by atoms with Crippen LogP contribution >= 0.6 is 22.7 Å². The molecule has 0 saturated heterocycles. The van der Waals surface area contributed by atoms with Gasteiger partial charge < -0.3 is 15.2 Å². The Morgan fingerprint density at radius 3 is 2.41 bits per heavy atom. The lowest BCUT2D eigenvalue weighted by Gasteiger charge is -2.27. The van der Waals surface area contributed by atoms with Crippen molar-refractivity contribution in [2.45, 2.75) is 12.0 Å². The van der Waals surface area contributed by atoms with Gasteiger partial charge >= 0.3 is 6.36 Å². The first kappa shape index (κ1) is 19.4. The Labute approximate surface area is 160 Å². The summed E-state index contributed by atoms with van der Waals surface area (Å²) in [6.07, 6.45) is -4.79. The highest BCUT2D eigenvalue weighted by atomic mass is 32.1. The van der Waals surface area contributed by atoms with Crippen LogP contribution in [-0.4, -0.2) is 23.9 Å². The Morgan fingerprint density at radius 2 is 1.85 bits per heavy atom. The van der Waals surface area contributed by atoms with Gasteiger partial charge in [0.2, 0.25) is 0 Å². The number of amides is 1. The Kier molecular flexibility index (Phi) is 5.54. The molecular weight excluding hydrogens is 399 g/mol. The van der Waals surface area contributed by atoms with Gasteiger partial charge in [-0.05, 0) is 52.5 Å². The molecular formula is C18H14F3NO3S2. The van der Waals surface area contributed by atoms with Crippen molar-refractivity contribution in [3.8, 4) is 5.75 Å². The molecule has 4 nitrogen and oxygen atoms in total. The van der Waals surface area contributed by atoms with Crippen molar-refractivity contribution in [3.05, 3.63) is 74.6 Å². The van der Waals surface area contributed by atoms with E-state index in [0.29, 0.717) is 10.4 Å². The monoisotopic (exact) mass is 413 g/mol. The number of hydrogen-bond donors (Lipinski definition) is 2. The van der Waals surface area contributed by atoms with Gasteiger partial charge in [0.1, 0.15) is 11.4 Å². The van der Waals surface area contributed by atoms with Gasteiger partial charge in [0.25, 0.3) is 5.91 Å². The van der Waals surface area contributed by atoms with E-state index < -0.39 is 23.6 Å². The number of thiophene rings is 2. The summed E-state index contributed by atoms with van der Waals surface area (Å²) in [6, 6.07) is 9.94. The van der Waals surface area contributed by atoms with E-state index in [1.165, 1.54) is 34.8 Å². The first-order chi connectivity index (χ1) is 12.8. The zero-order valence-corrected chi connectivity index (χ0v) is 15.3. The zero-order chi connectivity index (χ0) is 19.5. The van der Waals surface area contributed by atoms with Crippen LogP contribution in [0.2, 0.25) is 0 Å². The molecule has 0 aliphatic carbocycles. The normalized spacial score (nSPS) is 13.8. The number of ether oxygens (including phenoxy) is 1. The average Bonchev–Trinajstić information content (AvgIpc) is 3.32. The fourth-order valence-corrected chi connectivity index (χ4v) is 4.03. The van der Waals surface area contributed by atoms with Gasteiger partial charge in [-0.3, -0.25) is 4.79 Å². The van der Waals surface area contributed by atoms with Crippen LogP contribution in [-0.2, 0) is 5.60 Å². The molecule has 3 aromatic rings. The fourth-order valence-electron chi connectivity index (χ4n) is 2.46. The van der Waals surface area contributed by atoms with Crippen LogP contribution in [0.15, 0.2) is 58.6 Å². The summed E-state index contributed by atoms with van der Waals surface area (Å²) >= 11 is 2.79. The fraction of sp³-hybridized carbons (Fsp3) is 0.167. The maximum atomic E-state index is 12.3. The molecule has 0 radical (unpaired) electrons. The largest absolute Gasteiger partial charge is 0.573 e. The summed E-state index contributed by atoms with van der Waals surface area (Å²) in [5.74, 6) is -0.925. The molecule has 142 valence electrons. The first-order valence-electron chi connectivity index (χ1n) is 7.71. The van der Waals surface area contributed by atoms with E-state index in [0.717, 1.165) is 12.1 Å². The Hall–Kier alpha value is -2.36. The quantitative estimate of drug-likeness (QED) is 0.631. The van der Waals surface area contributed by atoms with E-state index in [4.69, 9.17) is 0 Å². The molecule has 0 aliphatic rings. The minimum Gasteiger partial charge on any atom is -0.406 e. The second-order valence-electron chi connectivity index (χ2n) is 5.60. The number of carbonyl (C=O) groups is 1. The number of carbonyl (C=O) groups excluding carboxylic acids is 1. The number of nitrogens with one attached hydrogen (secondary N) is 1. The summed E-state index contributed by atoms with van der Waals surface area (Å²) in [7, 11) is 0. The molecule has 27 heavy (non-hydrogen) atoms. The number of rotatable bonds is 6. The number of hydrogen-bond acceptors (Lipinski definition) is 5. The Balaban J connectivity index is 1.72. The summed E-state index contributed by atoms with van der Waals surface area (Å²) in [6.45, 7) is -0.0795. The van der Waals surface area contributed by atoms with Crippen molar-refractivity contribution in [1.29, 1.82) is 0 Å². The van der Waals surface area contributed by atoms with Crippen LogP contribution in [0, 0.1) is 0 Å². The van der Waals surface area contributed by atoms with Crippen LogP contribution in [0.4, 0.5) is 13.2 Å². The van der Waals surface area contributed by atoms with Crippen molar-refractivity contribution in [3.63, 3.8) is 0 Å². The average molecular weight is 413 g/mol. The number of aliphatic hydroxyl groups is 1. The van der Waals surface area contributed by atoms with Crippen molar-refractivity contribution in [1.82, 2.24) is 5.32 Å². The predicted molar refractivity (Wildman–Crippen MR) is 97.1 cm³/mol. The molecule has 1 amide bonds. The molecule has 0 fully saturated rings. The van der Waals surface area contributed by atoms with E-state index in [1.54, 1.807) is 23.6 Å². The molecule has 1 unspecified atom stereocenters. The van der Waals surface area contributed by atoms with Crippen LogP contribution in [0.5, 0.6) is 5.75 Å². The van der Waals surface area contributed by atoms with Crippen molar-refractivity contribution >= 4 is 28.6 Å². The van der Waals surface area contributed by atoms with Crippen molar-refractivity contribution in [2.75, 3.05) is 6.54 Å². The number of halogens is 3. The van der Waals surface area contributed by atoms with Crippen LogP contribution in [0.25, 0.3) is 0 Å². The molecule has 0 saturated carbocycles. The third-order valence-electron chi connectivity index (χ3n) is 3.78. The maximum absolute atomic E-state index is 12.3. The molecule has 1 aromatic carbocycles. The highest BCUT2D eigenvalue weighted by Gasteiger charge is 2.34. The van der Waals surface area contributed by atoms with Crippen molar-refractivity contribution < 1.29 is 27.8 Å². The second-order valence-corrected chi connectivity index (χ2v) is 7.33. The Bertz CT molecular complexity index is 841. The smallest absolute Gasteiger partial charge is 0.406 e. The molecule has 2 aromatic heterocycles. The lowest BCUT2D eigenvalue weighted by molar-refractivity contribution is -0.274. The minimum absolute atomic E-state index is 0.0795. The summed E-state index contributed by atoms with van der Waals surface area (Å²) < 4.78 is 40.4. The SMILES string of the molecule is O=C(NCC(O)(c1ccsc1)c1cccs1)c1ccc(OC(F)(F)F)cc1. The predicted octanol–water partition coefficient (Wildman–Crippen LogP) is 4.37. The number of alkyl halides is 3. The minimum atomic E-state index is -4.79. The zero-order valence-electron chi connectivity index (χ0n) is 13.7. The molecule has 0 aliphatic heterocycles. The van der Waals surface area contributed by atoms with Gasteiger partial charge in [-0.25, -0.2) is 0 Å². The van der Waals surface area contributed by atoms with E-state index in [9.17, 15) is 23.1 Å². The lowest BCUT2D eigenvalue weighted by atomic mass is 9.94. The van der Waals surface area contributed by atoms with Gasteiger partial charge in [-0.15, -0.1) is 24.5 Å². The lowest BCUT2D eigenvalue weighted by Crippen LogP contribution is -2.41. The molecule has 0 bridgehead atoms. The summed E-state index contributed by atoms with van der Waals surface area (Å²) in [5, 5.41) is 19.3. The summed E-state index contributed by atoms with van der Waals surface area (Å²) in [5.41, 5.74) is -0.573. The van der Waals surface area contributed by atoms with E-state index in [1.807, 2.05) is 10.8 Å². The standard InChI is InChI=1S/C18H14F3NO3S2/c19-18(20,21)25-14-5-3-12(4-6-14)16(23)22-11-17(24,13-7-9-26-10-13)15-2-1-8-27-15/h1-10,24H,11H2,(H,22,23). The van der Waals surface area contributed by atoms with E-state index in [-0.39, 0.29) is 12.1 Å². The van der Waals surface area contributed by atoms with Gasteiger partial charge in [-0.1, -0.05) is 6.07 Å². The molecule has 3 rings (SSSR count). The highest BCUT2D eigenvalue weighted by molar-refractivity contribution is 7.10. The van der Waals surface area contributed by atoms with E-state index in [2.05, 4.69) is 10.1 Å². The molecule has 1 atom stereocenters. The first-order valence-corrected chi connectivity index (χ1v) is 9.53. The van der Waals surface area contributed by atoms with Crippen LogP contribution in [0.3, 0.4) is 0 Å². The maximum Gasteiger partial charge on any atom is 0.573 e. The van der Waals surface area contributed by atoms with Gasteiger partial charge in [0.15, 0.2) is 0 Å². The molecule has 9 heteroatoms. The van der Waals surface area contributed by atoms with Gasteiger partial charge in [0.05, 0.1) is 6.54 Å². The van der Waals surface area contributed by atoms with Crippen LogP contribution < -0.4 is 10.1 Å². The second kappa shape index (κ2) is 7.71. The Morgan fingerprint density at radius 1 is 1.11 bits per heavy atom. The highest BCUT2D eigenvalue weighted by Crippen LogP contribution is 2.33. The van der Waals surface area contributed by atoms with E-state index >= 15 is 0 Å². The van der Waals surface area contributed by atoms with Gasteiger partial charge in [0, 0.05) is 16.0 Å². The molecule has 0 spiro atoms. The van der Waals surface area contributed by atoms with Crippen LogP contribution in [0.1, 0.15) is 20.8 Å². The third kappa shape index (κ3) is 4.68. The molecule has 2 heterocycles. The third-order valence-corrected chi connectivity index (χ3v) is 5.49.